The highest BCUT2D eigenvalue weighted by Crippen LogP contribution is 2.46. The molecule has 5 aromatic rings. The molecule has 2 aliphatic heterocycles. The van der Waals surface area contributed by atoms with E-state index in [0.717, 1.165) is 49.4 Å². The summed E-state index contributed by atoms with van der Waals surface area (Å²) < 4.78 is 13.8. The van der Waals surface area contributed by atoms with Gasteiger partial charge in [-0.2, -0.15) is 9.97 Å². The summed E-state index contributed by atoms with van der Waals surface area (Å²) in [6.07, 6.45) is 0. The average molecular weight is 727 g/mol. The topological polar surface area (TPSA) is 109 Å². The standard InChI is InChI=1S/C37H39ClN8O4S/c1-5-44-18-20-45(21-19-44)23-31-33(48)46(34(51-31)24-10-12-25(38)13-11-24)26-14-16-27(17-15-26)49-36-39-35(42(2)3)40-37(41-36)50-30-22-32(47)43(4)29-9-7-6-8-28(29)30/h6-17,22,31,34H,5,18-21,23H2,1-4H3. The molecule has 2 fully saturated rings. The number of carbonyl (C=O) groups is 1. The van der Waals surface area contributed by atoms with Crippen LogP contribution in [0.4, 0.5) is 11.6 Å². The molecule has 0 aliphatic carbocycles. The number of ether oxygens (including phenoxy) is 2. The number of piperazine rings is 1. The molecule has 2 unspecified atom stereocenters. The molecule has 1 amide bonds. The van der Waals surface area contributed by atoms with Gasteiger partial charge in [-0.3, -0.25) is 19.4 Å². The summed E-state index contributed by atoms with van der Waals surface area (Å²) >= 11 is 7.90. The molecule has 0 bridgehead atoms. The number of rotatable bonds is 10. The fourth-order valence-electron chi connectivity index (χ4n) is 6.27. The van der Waals surface area contributed by atoms with Crippen LogP contribution in [0.25, 0.3) is 10.9 Å². The molecule has 0 radical (unpaired) electrons. The number of fused-ring (bicyclic) bond motifs is 1. The Labute approximate surface area is 305 Å². The third-order valence-corrected chi connectivity index (χ3v) is 10.8. The van der Waals surface area contributed by atoms with Crippen molar-refractivity contribution in [3.63, 3.8) is 0 Å². The number of nitrogens with zero attached hydrogens (tertiary/aromatic N) is 8. The molecule has 51 heavy (non-hydrogen) atoms. The van der Waals surface area contributed by atoms with Crippen molar-refractivity contribution in [2.75, 3.05) is 63.2 Å². The molecule has 264 valence electrons. The molecule has 2 aromatic heterocycles. The predicted molar refractivity (Wildman–Crippen MR) is 202 cm³/mol. The van der Waals surface area contributed by atoms with E-state index in [1.807, 2.05) is 65.6 Å². The molecule has 4 heterocycles. The molecular formula is C37H39ClN8O4S. The molecule has 2 aliphatic rings. The van der Waals surface area contributed by atoms with Crippen LogP contribution in [0.15, 0.2) is 83.7 Å². The maximum absolute atomic E-state index is 14.1. The number of halogens is 1. The highest BCUT2D eigenvalue weighted by molar-refractivity contribution is 8.01. The zero-order valence-corrected chi connectivity index (χ0v) is 30.5. The quantitative estimate of drug-likeness (QED) is 0.174. The highest BCUT2D eigenvalue weighted by atomic mass is 35.5. The number of likely N-dealkylation sites (N-methyl/N-ethyl adjacent to an activating group) is 1. The summed E-state index contributed by atoms with van der Waals surface area (Å²) in [5.74, 6) is 1.18. The fourth-order valence-corrected chi connectivity index (χ4v) is 7.89. The van der Waals surface area contributed by atoms with Crippen molar-refractivity contribution in [3.8, 4) is 23.5 Å². The lowest BCUT2D eigenvalue weighted by atomic mass is 10.1. The molecule has 12 nitrogen and oxygen atoms in total. The van der Waals surface area contributed by atoms with Crippen LogP contribution in [-0.2, 0) is 11.8 Å². The van der Waals surface area contributed by atoms with Gasteiger partial charge in [0.25, 0.3) is 5.56 Å². The summed E-state index contributed by atoms with van der Waals surface area (Å²) in [5, 5.41) is 0.972. The zero-order valence-electron chi connectivity index (χ0n) is 28.9. The van der Waals surface area contributed by atoms with Crippen LogP contribution in [0.5, 0.6) is 23.5 Å². The van der Waals surface area contributed by atoms with E-state index in [9.17, 15) is 9.59 Å². The first kappa shape index (κ1) is 34.7. The average Bonchev–Trinajstić information content (AvgIpc) is 3.46. The van der Waals surface area contributed by atoms with Crippen molar-refractivity contribution in [1.82, 2.24) is 29.3 Å². The van der Waals surface area contributed by atoms with Gasteiger partial charge >= 0.3 is 12.0 Å². The lowest BCUT2D eigenvalue weighted by Crippen LogP contribution is -2.49. The van der Waals surface area contributed by atoms with Gasteiger partial charge in [0.15, 0.2) is 0 Å². The first-order chi connectivity index (χ1) is 24.7. The molecular weight excluding hydrogens is 688 g/mol. The van der Waals surface area contributed by atoms with E-state index < -0.39 is 0 Å². The van der Waals surface area contributed by atoms with Crippen LogP contribution in [0, 0.1) is 0 Å². The highest BCUT2D eigenvalue weighted by Gasteiger charge is 2.42. The number of para-hydroxylation sites is 1. The third-order valence-electron chi connectivity index (χ3n) is 9.16. The number of anilines is 2. The van der Waals surface area contributed by atoms with Crippen LogP contribution in [-0.4, -0.2) is 93.8 Å². The number of benzene rings is 3. The summed E-state index contributed by atoms with van der Waals surface area (Å²) in [6, 6.07) is 23.9. The van der Waals surface area contributed by atoms with Gasteiger partial charge in [0.2, 0.25) is 11.9 Å². The Morgan fingerprint density at radius 2 is 1.53 bits per heavy atom. The fraction of sp³-hybridized carbons (Fsp3) is 0.324. The van der Waals surface area contributed by atoms with Gasteiger partial charge in [-0.15, -0.1) is 16.7 Å². The number of hydrogen-bond donors (Lipinski definition) is 0. The minimum atomic E-state index is -0.225. The van der Waals surface area contributed by atoms with Crippen molar-refractivity contribution in [1.29, 1.82) is 0 Å². The predicted octanol–water partition coefficient (Wildman–Crippen LogP) is 5.81. The van der Waals surface area contributed by atoms with E-state index in [-0.39, 0.29) is 34.1 Å². The molecule has 0 saturated carbocycles. The molecule has 0 spiro atoms. The van der Waals surface area contributed by atoms with Crippen molar-refractivity contribution >= 4 is 51.8 Å². The van der Waals surface area contributed by atoms with Crippen molar-refractivity contribution in [3.05, 3.63) is 99.8 Å². The van der Waals surface area contributed by atoms with E-state index in [0.29, 0.717) is 34.5 Å². The molecule has 2 saturated heterocycles. The first-order valence-corrected chi connectivity index (χ1v) is 18.2. The van der Waals surface area contributed by atoms with Gasteiger partial charge in [-0.1, -0.05) is 42.8 Å². The third kappa shape index (κ3) is 7.52. The molecule has 14 heteroatoms. The maximum Gasteiger partial charge on any atom is 0.330 e. The summed E-state index contributed by atoms with van der Waals surface area (Å²) in [4.78, 5) is 48.5. The Kier molecular flexibility index (Phi) is 10.1. The Hall–Kier alpha value is -4.69. The second-order valence-electron chi connectivity index (χ2n) is 12.7. The molecule has 7 rings (SSSR count). The smallest absolute Gasteiger partial charge is 0.330 e. The Morgan fingerprint density at radius 1 is 0.863 bits per heavy atom. The number of aryl methyl sites for hydroxylation is 1. The summed E-state index contributed by atoms with van der Waals surface area (Å²) in [5.41, 5.74) is 2.25. The van der Waals surface area contributed by atoms with Gasteiger partial charge in [-0.05, 0) is 60.6 Å². The van der Waals surface area contributed by atoms with Gasteiger partial charge in [0.05, 0.1) is 10.8 Å². The molecule has 0 N–H and O–H groups in total. The van der Waals surface area contributed by atoms with Crippen LogP contribution < -0.4 is 24.8 Å². The normalized spacial score (nSPS) is 18.4. The Balaban J connectivity index is 1.13. The Morgan fingerprint density at radius 3 is 2.22 bits per heavy atom. The second-order valence-corrected chi connectivity index (χ2v) is 14.4. The number of aromatic nitrogens is 4. The summed E-state index contributed by atoms with van der Waals surface area (Å²) in [7, 11) is 5.31. The van der Waals surface area contributed by atoms with E-state index in [2.05, 4.69) is 31.7 Å². The van der Waals surface area contributed by atoms with Crippen LogP contribution >= 0.6 is 23.4 Å². The lowest BCUT2D eigenvalue weighted by molar-refractivity contribution is -0.118. The Bertz CT molecular complexity index is 2090. The van der Waals surface area contributed by atoms with Crippen LogP contribution in [0.1, 0.15) is 17.9 Å². The summed E-state index contributed by atoms with van der Waals surface area (Å²) in [6.45, 7) is 7.87. The SMILES string of the molecule is CCN1CCN(CC2SC(c3ccc(Cl)cc3)N(c3ccc(Oc4nc(Oc5cc(=O)n(C)c6ccccc56)nc(N(C)C)n4)cc3)C2=O)CC1. The van der Waals surface area contributed by atoms with Crippen LogP contribution in [0.3, 0.4) is 0 Å². The minimum Gasteiger partial charge on any atom is -0.424 e. The second kappa shape index (κ2) is 14.9. The van der Waals surface area contributed by atoms with Gasteiger partial charge < -0.3 is 23.8 Å². The number of hydrogen-bond acceptors (Lipinski definition) is 11. The van der Waals surface area contributed by atoms with Crippen molar-refractivity contribution < 1.29 is 14.3 Å². The van der Waals surface area contributed by atoms with Gasteiger partial charge in [-0.25, -0.2) is 0 Å². The first-order valence-electron chi connectivity index (χ1n) is 16.8. The lowest BCUT2D eigenvalue weighted by Gasteiger charge is -2.34. The number of amides is 1. The van der Waals surface area contributed by atoms with Crippen molar-refractivity contribution in [2.24, 2.45) is 7.05 Å². The maximum atomic E-state index is 14.1. The van der Waals surface area contributed by atoms with E-state index >= 15 is 0 Å². The number of carbonyl (C=O) groups excluding carboxylic acids is 1. The largest absolute Gasteiger partial charge is 0.424 e. The minimum absolute atomic E-state index is 0.0136. The van der Waals surface area contributed by atoms with E-state index in [1.165, 1.54) is 6.07 Å². The monoisotopic (exact) mass is 726 g/mol. The zero-order chi connectivity index (χ0) is 35.6. The van der Waals surface area contributed by atoms with Crippen molar-refractivity contribution in [2.45, 2.75) is 17.5 Å². The van der Waals surface area contributed by atoms with E-state index in [1.54, 1.807) is 54.5 Å². The molecule has 2 atom stereocenters. The number of thioether (sulfide) groups is 1. The van der Waals surface area contributed by atoms with Gasteiger partial charge in [0.1, 0.15) is 16.9 Å². The van der Waals surface area contributed by atoms with Crippen LogP contribution in [0.2, 0.25) is 5.02 Å². The molecule has 3 aromatic carbocycles. The van der Waals surface area contributed by atoms with E-state index in [4.69, 9.17) is 21.1 Å². The number of pyridine rings is 1. The van der Waals surface area contributed by atoms with Gasteiger partial charge in [0, 0.05) is 76.0 Å².